The lowest BCUT2D eigenvalue weighted by molar-refractivity contribution is 1.47. The molecule has 2 nitrogen and oxygen atoms in total. The third kappa shape index (κ3) is 2.37. The molecule has 0 radical (unpaired) electrons. The van der Waals surface area contributed by atoms with Crippen molar-refractivity contribution in [1.82, 2.24) is 9.97 Å². The number of aromatic amines is 1. The van der Waals surface area contributed by atoms with Crippen LogP contribution in [-0.4, -0.2) is 9.97 Å². The lowest BCUT2D eigenvalue weighted by atomic mass is 9.98. The van der Waals surface area contributed by atoms with Gasteiger partial charge in [0, 0.05) is 27.4 Å². The van der Waals surface area contributed by atoms with E-state index in [1.807, 2.05) is 6.07 Å². The summed E-state index contributed by atoms with van der Waals surface area (Å²) < 4.78 is 1.22. The van der Waals surface area contributed by atoms with Gasteiger partial charge < -0.3 is 4.98 Å². The second kappa shape index (κ2) is 6.04. The minimum Gasteiger partial charge on any atom is -0.355 e. The first kappa shape index (κ1) is 15.6. The van der Waals surface area contributed by atoms with Gasteiger partial charge in [-0.3, -0.25) is 0 Å². The van der Waals surface area contributed by atoms with Crippen molar-refractivity contribution in [1.29, 1.82) is 0 Å². The number of para-hydroxylation sites is 2. The Morgan fingerprint density at radius 2 is 1.39 bits per heavy atom. The number of aromatic nitrogens is 2. The molecule has 0 saturated carbocycles. The molecule has 3 heteroatoms. The summed E-state index contributed by atoms with van der Waals surface area (Å²) in [5, 5.41) is 3.58. The minimum atomic E-state index is 1.06. The largest absolute Gasteiger partial charge is 0.355 e. The van der Waals surface area contributed by atoms with Crippen molar-refractivity contribution >= 4 is 43.4 Å². The second-order valence-corrected chi connectivity index (χ2v) is 7.99. The van der Waals surface area contributed by atoms with E-state index in [9.17, 15) is 0 Å². The molecule has 2 aromatic heterocycles. The van der Waals surface area contributed by atoms with Crippen molar-refractivity contribution in [3.05, 3.63) is 91.0 Å². The number of H-pyrrole nitrogens is 1. The molecule has 0 bridgehead atoms. The van der Waals surface area contributed by atoms with Crippen molar-refractivity contribution in [2.24, 2.45) is 0 Å². The molecule has 0 saturated heterocycles. The van der Waals surface area contributed by atoms with Gasteiger partial charge in [0.2, 0.25) is 0 Å². The highest BCUT2D eigenvalue weighted by molar-refractivity contribution is 7.21. The maximum absolute atomic E-state index is 4.88. The van der Waals surface area contributed by atoms with Gasteiger partial charge in [0.15, 0.2) is 0 Å². The fraction of sp³-hybridized carbons (Fsp3) is 0. The molecule has 0 fully saturated rings. The van der Waals surface area contributed by atoms with Crippen molar-refractivity contribution < 1.29 is 0 Å². The number of rotatable bonds is 2. The molecule has 0 aliphatic heterocycles. The number of hydrogen-bond acceptors (Lipinski definition) is 2. The molecular formula is C25H16N2S. The Morgan fingerprint density at radius 1 is 0.643 bits per heavy atom. The van der Waals surface area contributed by atoms with Crippen LogP contribution in [0.5, 0.6) is 0 Å². The van der Waals surface area contributed by atoms with Crippen LogP contribution in [0.4, 0.5) is 0 Å². The topological polar surface area (TPSA) is 28.7 Å². The van der Waals surface area contributed by atoms with E-state index in [1.54, 1.807) is 11.3 Å². The number of benzene rings is 4. The molecular weight excluding hydrogens is 360 g/mol. The quantitative estimate of drug-likeness (QED) is 0.338. The number of hydrogen-bond donors (Lipinski definition) is 1. The van der Waals surface area contributed by atoms with Crippen LogP contribution in [0.15, 0.2) is 91.0 Å². The summed E-state index contributed by atoms with van der Waals surface area (Å²) in [5.74, 6) is 0. The van der Waals surface area contributed by atoms with E-state index < -0.39 is 0 Å². The van der Waals surface area contributed by atoms with Crippen LogP contribution in [0.2, 0.25) is 0 Å². The third-order valence-electron chi connectivity index (χ3n) is 5.27. The predicted octanol–water partition coefficient (Wildman–Crippen LogP) is 7.26. The Bertz CT molecular complexity index is 1440. The van der Waals surface area contributed by atoms with Crippen LogP contribution >= 0.6 is 11.3 Å². The fourth-order valence-electron chi connectivity index (χ4n) is 3.92. The first-order chi connectivity index (χ1) is 13.9. The van der Waals surface area contributed by atoms with E-state index in [1.165, 1.54) is 43.2 Å². The zero-order valence-electron chi connectivity index (χ0n) is 15.0. The van der Waals surface area contributed by atoms with Gasteiger partial charge in [0.25, 0.3) is 0 Å². The maximum atomic E-state index is 4.88. The first-order valence-corrected chi connectivity index (χ1v) is 10.1. The molecule has 0 unspecified atom stereocenters. The Kier molecular flexibility index (Phi) is 3.37. The standard InChI is InChI=1S/C25H16N2S/c1-2-9-19(25-27-23-11-5-6-12-24(23)28-25)17(7-1)16-13-14-22-20(15-16)18-8-3-4-10-21(18)26-22/h1-15,26H. The van der Waals surface area contributed by atoms with Gasteiger partial charge >= 0.3 is 0 Å². The van der Waals surface area contributed by atoms with Gasteiger partial charge in [-0.1, -0.05) is 60.7 Å². The highest BCUT2D eigenvalue weighted by Crippen LogP contribution is 2.38. The van der Waals surface area contributed by atoms with Gasteiger partial charge in [0.05, 0.1) is 10.2 Å². The SMILES string of the molecule is c1ccc(-c2nc3ccccc3s2)c(-c2ccc3[nH]c4ccccc4c3c2)c1. The molecule has 0 aliphatic carbocycles. The Hall–Kier alpha value is -3.43. The second-order valence-electron chi connectivity index (χ2n) is 6.96. The van der Waals surface area contributed by atoms with Gasteiger partial charge in [-0.25, -0.2) is 4.98 Å². The van der Waals surface area contributed by atoms with E-state index >= 15 is 0 Å². The fourth-order valence-corrected chi connectivity index (χ4v) is 4.93. The molecule has 0 amide bonds. The number of nitrogens with zero attached hydrogens (tertiary/aromatic N) is 1. The molecule has 132 valence electrons. The lowest BCUT2D eigenvalue weighted by Crippen LogP contribution is -1.84. The molecule has 0 spiro atoms. The molecule has 6 aromatic rings. The van der Waals surface area contributed by atoms with Crippen molar-refractivity contribution in [2.75, 3.05) is 0 Å². The number of fused-ring (bicyclic) bond motifs is 4. The summed E-state index contributed by atoms with van der Waals surface area (Å²) in [7, 11) is 0. The summed E-state index contributed by atoms with van der Waals surface area (Å²) in [6, 6.07) is 32.0. The Labute approximate surface area is 166 Å². The average molecular weight is 376 g/mol. The van der Waals surface area contributed by atoms with E-state index in [-0.39, 0.29) is 0 Å². The van der Waals surface area contributed by atoms with E-state index in [0.29, 0.717) is 0 Å². The summed E-state index contributed by atoms with van der Waals surface area (Å²) in [6.45, 7) is 0. The monoisotopic (exact) mass is 376 g/mol. The Morgan fingerprint density at radius 3 is 2.32 bits per heavy atom. The summed E-state index contributed by atoms with van der Waals surface area (Å²) in [4.78, 5) is 8.39. The molecule has 2 heterocycles. The highest BCUT2D eigenvalue weighted by atomic mass is 32.1. The summed E-state index contributed by atoms with van der Waals surface area (Å²) >= 11 is 1.75. The first-order valence-electron chi connectivity index (χ1n) is 9.33. The van der Waals surface area contributed by atoms with E-state index in [2.05, 4.69) is 89.9 Å². The van der Waals surface area contributed by atoms with E-state index in [4.69, 9.17) is 4.98 Å². The van der Waals surface area contributed by atoms with Crippen LogP contribution in [0.25, 0.3) is 53.7 Å². The van der Waals surface area contributed by atoms with Gasteiger partial charge in [0.1, 0.15) is 5.01 Å². The van der Waals surface area contributed by atoms with Crippen LogP contribution in [-0.2, 0) is 0 Å². The zero-order valence-corrected chi connectivity index (χ0v) is 15.8. The molecule has 28 heavy (non-hydrogen) atoms. The molecule has 1 N–H and O–H groups in total. The predicted molar refractivity (Wildman–Crippen MR) is 120 cm³/mol. The van der Waals surface area contributed by atoms with Crippen molar-refractivity contribution in [3.63, 3.8) is 0 Å². The smallest absolute Gasteiger partial charge is 0.125 e. The number of nitrogens with one attached hydrogen (secondary N) is 1. The molecule has 0 aliphatic rings. The molecule has 6 rings (SSSR count). The van der Waals surface area contributed by atoms with Crippen LogP contribution < -0.4 is 0 Å². The van der Waals surface area contributed by atoms with Crippen molar-refractivity contribution in [2.45, 2.75) is 0 Å². The molecule has 0 atom stereocenters. The average Bonchev–Trinajstić information content (AvgIpc) is 3.34. The third-order valence-corrected chi connectivity index (χ3v) is 6.34. The van der Waals surface area contributed by atoms with Crippen LogP contribution in [0, 0.1) is 0 Å². The highest BCUT2D eigenvalue weighted by Gasteiger charge is 2.13. The van der Waals surface area contributed by atoms with Gasteiger partial charge in [-0.05, 0) is 41.5 Å². The number of thiazole rings is 1. The van der Waals surface area contributed by atoms with E-state index in [0.717, 1.165) is 10.5 Å². The Balaban J connectivity index is 1.58. The maximum Gasteiger partial charge on any atom is 0.125 e. The van der Waals surface area contributed by atoms with Gasteiger partial charge in [-0.15, -0.1) is 11.3 Å². The van der Waals surface area contributed by atoms with Crippen molar-refractivity contribution in [3.8, 4) is 21.7 Å². The lowest BCUT2D eigenvalue weighted by Gasteiger charge is -2.08. The van der Waals surface area contributed by atoms with Gasteiger partial charge in [-0.2, -0.15) is 0 Å². The van der Waals surface area contributed by atoms with Crippen LogP contribution in [0.1, 0.15) is 0 Å². The minimum absolute atomic E-state index is 1.06. The summed E-state index contributed by atoms with van der Waals surface area (Å²) in [6.07, 6.45) is 0. The normalized spacial score (nSPS) is 11.6. The zero-order chi connectivity index (χ0) is 18.5. The summed E-state index contributed by atoms with van der Waals surface area (Å²) in [5.41, 5.74) is 7.02. The van der Waals surface area contributed by atoms with Crippen LogP contribution in [0.3, 0.4) is 0 Å². The molecule has 4 aromatic carbocycles.